The number of hydrogen-bond donors (Lipinski definition) is 1. The van der Waals surface area contributed by atoms with E-state index in [1.165, 1.54) is 0 Å². The highest BCUT2D eigenvalue weighted by Gasteiger charge is 2.19. The standard InChI is InChI=1S/C14H16ClNOS/c1-9-8-11(15)5-6-12(9)17-14(10(2)16)13-4-3-7-18-13/h3-8,10,14H,16H2,1-2H3. The first-order chi connectivity index (χ1) is 8.58. The number of halogens is 1. The third-order valence-electron chi connectivity index (χ3n) is 2.69. The van der Waals surface area contributed by atoms with Crippen molar-refractivity contribution in [2.24, 2.45) is 5.73 Å². The highest BCUT2D eigenvalue weighted by molar-refractivity contribution is 7.10. The van der Waals surface area contributed by atoms with Gasteiger partial charge in [0.1, 0.15) is 11.9 Å². The highest BCUT2D eigenvalue weighted by atomic mass is 35.5. The molecular weight excluding hydrogens is 266 g/mol. The Kier molecular flexibility index (Phi) is 4.27. The minimum absolute atomic E-state index is 0.0706. The third-order valence-corrected chi connectivity index (χ3v) is 3.86. The molecule has 0 aliphatic carbocycles. The number of ether oxygens (including phenoxy) is 1. The number of benzene rings is 1. The fourth-order valence-corrected chi connectivity index (χ4v) is 2.85. The van der Waals surface area contributed by atoms with Crippen molar-refractivity contribution in [3.05, 3.63) is 51.2 Å². The molecule has 2 nitrogen and oxygen atoms in total. The first-order valence-electron chi connectivity index (χ1n) is 5.79. The zero-order valence-electron chi connectivity index (χ0n) is 10.4. The fourth-order valence-electron chi connectivity index (χ4n) is 1.76. The molecule has 0 radical (unpaired) electrons. The molecule has 96 valence electrons. The van der Waals surface area contributed by atoms with Gasteiger partial charge in [0.15, 0.2) is 0 Å². The Hall–Kier alpha value is -1.03. The zero-order valence-corrected chi connectivity index (χ0v) is 12.0. The lowest BCUT2D eigenvalue weighted by atomic mass is 10.1. The first-order valence-corrected chi connectivity index (χ1v) is 7.05. The molecule has 0 saturated heterocycles. The van der Waals surface area contributed by atoms with Gasteiger partial charge in [0.2, 0.25) is 0 Å². The maximum absolute atomic E-state index is 6.03. The second kappa shape index (κ2) is 5.74. The predicted octanol–water partition coefficient (Wildman–Crippen LogP) is 4.18. The van der Waals surface area contributed by atoms with Crippen LogP contribution in [0.1, 0.15) is 23.5 Å². The van der Waals surface area contributed by atoms with E-state index in [1.54, 1.807) is 11.3 Å². The average molecular weight is 282 g/mol. The molecule has 2 aromatic rings. The Balaban J connectivity index is 2.24. The van der Waals surface area contributed by atoms with E-state index >= 15 is 0 Å². The molecule has 0 aliphatic heterocycles. The number of thiophene rings is 1. The van der Waals surface area contributed by atoms with Gasteiger partial charge in [-0.15, -0.1) is 11.3 Å². The van der Waals surface area contributed by atoms with Crippen LogP contribution >= 0.6 is 22.9 Å². The monoisotopic (exact) mass is 281 g/mol. The van der Waals surface area contributed by atoms with E-state index in [4.69, 9.17) is 22.1 Å². The molecule has 18 heavy (non-hydrogen) atoms. The van der Waals surface area contributed by atoms with Gasteiger partial charge in [-0.25, -0.2) is 0 Å². The summed E-state index contributed by atoms with van der Waals surface area (Å²) in [5.74, 6) is 0.829. The van der Waals surface area contributed by atoms with Crippen LogP contribution in [-0.2, 0) is 0 Å². The number of nitrogens with two attached hydrogens (primary N) is 1. The van der Waals surface area contributed by atoms with E-state index in [2.05, 4.69) is 0 Å². The SMILES string of the molecule is Cc1cc(Cl)ccc1OC(c1cccs1)C(C)N. The first kappa shape index (κ1) is 13.4. The number of rotatable bonds is 4. The van der Waals surface area contributed by atoms with E-state index in [0.717, 1.165) is 16.2 Å². The van der Waals surface area contributed by atoms with Crippen molar-refractivity contribution in [2.75, 3.05) is 0 Å². The Labute approximate surface area is 116 Å². The second-order valence-electron chi connectivity index (χ2n) is 4.32. The summed E-state index contributed by atoms with van der Waals surface area (Å²) < 4.78 is 6.03. The van der Waals surface area contributed by atoms with Gasteiger partial charge in [-0.1, -0.05) is 17.7 Å². The Bertz CT molecular complexity index is 511. The Morgan fingerprint density at radius 2 is 2.11 bits per heavy atom. The zero-order chi connectivity index (χ0) is 13.1. The van der Waals surface area contributed by atoms with E-state index < -0.39 is 0 Å². The molecule has 0 saturated carbocycles. The minimum Gasteiger partial charge on any atom is -0.483 e. The van der Waals surface area contributed by atoms with Gasteiger partial charge in [-0.2, -0.15) is 0 Å². The summed E-state index contributed by atoms with van der Waals surface area (Å²) in [6.07, 6.45) is -0.120. The quantitative estimate of drug-likeness (QED) is 0.912. The number of hydrogen-bond acceptors (Lipinski definition) is 3. The van der Waals surface area contributed by atoms with Gasteiger partial charge < -0.3 is 10.5 Å². The molecule has 1 heterocycles. The molecule has 2 rings (SSSR count). The topological polar surface area (TPSA) is 35.2 Å². The molecule has 4 heteroatoms. The largest absolute Gasteiger partial charge is 0.483 e. The lowest BCUT2D eigenvalue weighted by Crippen LogP contribution is -2.28. The van der Waals surface area contributed by atoms with Crippen LogP contribution in [0.4, 0.5) is 0 Å². The summed E-state index contributed by atoms with van der Waals surface area (Å²) in [5.41, 5.74) is 7.03. The average Bonchev–Trinajstić information content (AvgIpc) is 2.80. The van der Waals surface area contributed by atoms with Crippen LogP contribution in [0.3, 0.4) is 0 Å². The fraction of sp³-hybridized carbons (Fsp3) is 0.286. The summed E-state index contributed by atoms with van der Waals surface area (Å²) in [5, 5.41) is 2.75. The van der Waals surface area contributed by atoms with Crippen molar-refractivity contribution in [1.29, 1.82) is 0 Å². The molecular formula is C14H16ClNOS. The lowest BCUT2D eigenvalue weighted by molar-refractivity contribution is 0.183. The van der Waals surface area contributed by atoms with Gasteiger partial charge in [0.25, 0.3) is 0 Å². The molecule has 0 aliphatic rings. The van der Waals surface area contributed by atoms with Crippen molar-refractivity contribution in [2.45, 2.75) is 26.0 Å². The van der Waals surface area contributed by atoms with Crippen LogP contribution in [0, 0.1) is 6.92 Å². The summed E-state index contributed by atoms with van der Waals surface area (Å²) in [6, 6.07) is 9.59. The van der Waals surface area contributed by atoms with Crippen LogP contribution in [0.25, 0.3) is 0 Å². The summed E-state index contributed by atoms with van der Waals surface area (Å²) in [7, 11) is 0. The smallest absolute Gasteiger partial charge is 0.148 e. The van der Waals surface area contributed by atoms with E-state index in [1.807, 2.05) is 49.6 Å². The van der Waals surface area contributed by atoms with E-state index in [0.29, 0.717) is 5.02 Å². The molecule has 0 fully saturated rings. The van der Waals surface area contributed by atoms with Gasteiger partial charge in [0.05, 0.1) is 0 Å². The maximum Gasteiger partial charge on any atom is 0.148 e. The second-order valence-corrected chi connectivity index (χ2v) is 5.74. The summed E-state index contributed by atoms with van der Waals surface area (Å²) >= 11 is 7.59. The van der Waals surface area contributed by atoms with Crippen molar-refractivity contribution in [1.82, 2.24) is 0 Å². The third kappa shape index (κ3) is 3.05. The van der Waals surface area contributed by atoms with E-state index in [9.17, 15) is 0 Å². The van der Waals surface area contributed by atoms with Gasteiger partial charge in [0, 0.05) is 15.9 Å². The van der Waals surface area contributed by atoms with Gasteiger partial charge in [-0.05, 0) is 49.1 Å². The van der Waals surface area contributed by atoms with Gasteiger partial charge in [-0.3, -0.25) is 0 Å². The number of aryl methyl sites for hydroxylation is 1. The van der Waals surface area contributed by atoms with Crippen molar-refractivity contribution >= 4 is 22.9 Å². The minimum atomic E-state index is -0.120. The van der Waals surface area contributed by atoms with Crippen LogP contribution in [0.15, 0.2) is 35.7 Å². The van der Waals surface area contributed by atoms with Crippen LogP contribution in [0.2, 0.25) is 5.02 Å². The molecule has 2 unspecified atom stereocenters. The molecule has 1 aromatic carbocycles. The van der Waals surface area contributed by atoms with Crippen LogP contribution in [0.5, 0.6) is 5.75 Å². The summed E-state index contributed by atoms with van der Waals surface area (Å²) in [6.45, 7) is 3.93. The van der Waals surface area contributed by atoms with Crippen molar-refractivity contribution < 1.29 is 4.74 Å². The normalized spacial score (nSPS) is 14.2. The van der Waals surface area contributed by atoms with Crippen molar-refractivity contribution in [3.63, 3.8) is 0 Å². The molecule has 0 spiro atoms. The maximum atomic E-state index is 6.03. The molecule has 1 aromatic heterocycles. The van der Waals surface area contributed by atoms with Gasteiger partial charge >= 0.3 is 0 Å². The molecule has 0 amide bonds. The van der Waals surface area contributed by atoms with Crippen LogP contribution in [-0.4, -0.2) is 6.04 Å². The highest BCUT2D eigenvalue weighted by Crippen LogP contribution is 2.30. The molecule has 2 atom stereocenters. The Morgan fingerprint density at radius 1 is 1.33 bits per heavy atom. The van der Waals surface area contributed by atoms with E-state index in [-0.39, 0.29) is 12.1 Å². The van der Waals surface area contributed by atoms with Crippen molar-refractivity contribution in [3.8, 4) is 5.75 Å². The molecule has 2 N–H and O–H groups in total. The Morgan fingerprint density at radius 3 is 2.67 bits per heavy atom. The summed E-state index contributed by atoms with van der Waals surface area (Å²) in [4.78, 5) is 1.14. The molecule has 0 bridgehead atoms. The van der Waals surface area contributed by atoms with Crippen LogP contribution < -0.4 is 10.5 Å². The predicted molar refractivity (Wildman–Crippen MR) is 77.5 cm³/mol. The lowest BCUT2D eigenvalue weighted by Gasteiger charge is -2.22.